The molecule has 8 heteroatoms. The van der Waals surface area contributed by atoms with Crippen molar-refractivity contribution in [1.82, 2.24) is 34.9 Å². The number of nitrogens with one attached hydrogen (secondary N) is 2. The third-order valence-corrected chi connectivity index (χ3v) is 5.49. The summed E-state index contributed by atoms with van der Waals surface area (Å²) in [5, 5.41) is 10.3. The molecule has 0 bridgehead atoms. The molecule has 152 valence electrons. The number of benzene rings is 1. The molecule has 1 fully saturated rings. The van der Waals surface area contributed by atoms with Gasteiger partial charge in [-0.05, 0) is 30.9 Å². The number of rotatable bonds is 5. The molecular formula is C21H28N8. The number of hydrogen-bond donors (Lipinski definition) is 2. The lowest BCUT2D eigenvalue weighted by molar-refractivity contribution is 0.189. The Balaban J connectivity index is 1.50. The molecule has 4 rings (SSSR count). The second-order valence-corrected chi connectivity index (χ2v) is 7.49. The lowest BCUT2D eigenvalue weighted by atomic mass is 9.93. The van der Waals surface area contributed by atoms with Crippen molar-refractivity contribution in [1.29, 1.82) is 0 Å². The summed E-state index contributed by atoms with van der Waals surface area (Å²) in [6.45, 7) is 7.84. The van der Waals surface area contributed by atoms with E-state index in [1.54, 1.807) is 0 Å². The van der Waals surface area contributed by atoms with E-state index in [0.29, 0.717) is 18.5 Å². The highest BCUT2D eigenvalue weighted by molar-refractivity contribution is 5.80. The first kappa shape index (κ1) is 19.2. The fourth-order valence-corrected chi connectivity index (χ4v) is 3.85. The van der Waals surface area contributed by atoms with Crippen LogP contribution in [0, 0.1) is 5.92 Å². The van der Waals surface area contributed by atoms with Gasteiger partial charge in [-0.2, -0.15) is 5.10 Å². The Hall–Kier alpha value is -3.16. The van der Waals surface area contributed by atoms with Gasteiger partial charge in [0, 0.05) is 37.6 Å². The van der Waals surface area contributed by atoms with Gasteiger partial charge in [-0.3, -0.25) is 5.10 Å². The number of nitrogens with zero attached hydrogens (tertiary/aromatic N) is 6. The molecule has 0 aliphatic carbocycles. The molecule has 29 heavy (non-hydrogen) atoms. The topological polar surface area (TPSA) is 87.0 Å². The van der Waals surface area contributed by atoms with E-state index in [0.717, 1.165) is 49.0 Å². The Labute approximate surface area is 171 Å². The third-order valence-electron chi connectivity index (χ3n) is 5.49. The second kappa shape index (κ2) is 8.89. The fraction of sp³-hybridized carbons (Fsp3) is 0.429. The number of aromatic amines is 1. The normalized spacial score (nSPS) is 20.1. The van der Waals surface area contributed by atoms with Gasteiger partial charge in [-0.15, -0.1) is 0 Å². The third kappa shape index (κ3) is 4.47. The zero-order valence-corrected chi connectivity index (χ0v) is 17.0. The number of imidazole rings is 1. The van der Waals surface area contributed by atoms with E-state index in [-0.39, 0.29) is 0 Å². The van der Waals surface area contributed by atoms with Crippen LogP contribution in [0.25, 0.3) is 11.4 Å². The number of guanidine groups is 1. The first-order valence-electron chi connectivity index (χ1n) is 10.2. The van der Waals surface area contributed by atoms with Crippen molar-refractivity contribution in [3.05, 3.63) is 54.9 Å². The maximum atomic E-state index is 4.93. The molecule has 0 radical (unpaired) electrons. The first-order valence-corrected chi connectivity index (χ1v) is 10.2. The molecule has 3 aromatic rings. The molecule has 2 atom stereocenters. The van der Waals surface area contributed by atoms with Gasteiger partial charge < -0.3 is 14.8 Å². The summed E-state index contributed by atoms with van der Waals surface area (Å²) in [4.78, 5) is 15.8. The molecule has 1 aliphatic heterocycles. The predicted octanol–water partition coefficient (Wildman–Crippen LogP) is 2.72. The van der Waals surface area contributed by atoms with Crippen LogP contribution < -0.4 is 5.32 Å². The molecule has 1 aromatic carbocycles. The average molecular weight is 393 g/mol. The minimum Gasteiger partial charge on any atom is -0.357 e. The van der Waals surface area contributed by atoms with Gasteiger partial charge in [-0.1, -0.05) is 25.1 Å². The number of piperidine rings is 1. The second-order valence-electron chi connectivity index (χ2n) is 7.49. The van der Waals surface area contributed by atoms with Gasteiger partial charge in [0.25, 0.3) is 0 Å². The summed E-state index contributed by atoms with van der Waals surface area (Å²) in [7, 11) is 0. The minimum atomic E-state index is 0.407. The first-order chi connectivity index (χ1) is 14.2. The van der Waals surface area contributed by atoms with E-state index in [4.69, 9.17) is 4.99 Å². The SMILES string of the molecule is CCNC(=NCc1cccc(-c2ncn[nH]2)c1)N1CCC(C)C(n2ccnc2)C1. The van der Waals surface area contributed by atoms with Crippen LogP contribution >= 0.6 is 0 Å². The van der Waals surface area contributed by atoms with E-state index < -0.39 is 0 Å². The van der Waals surface area contributed by atoms with Gasteiger partial charge in [-0.25, -0.2) is 15.0 Å². The number of likely N-dealkylation sites (tertiary alicyclic amines) is 1. The van der Waals surface area contributed by atoms with E-state index in [2.05, 4.69) is 67.1 Å². The van der Waals surface area contributed by atoms with Crippen molar-refractivity contribution in [2.24, 2.45) is 10.9 Å². The predicted molar refractivity (Wildman–Crippen MR) is 113 cm³/mol. The van der Waals surface area contributed by atoms with Crippen LogP contribution in [-0.4, -0.2) is 55.2 Å². The summed E-state index contributed by atoms with van der Waals surface area (Å²) < 4.78 is 2.22. The van der Waals surface area contributed by atoms with E-state index in [1.807, 2.05) is 24.7 Å². The molecule has 2 N–H and O–H groups in total. The number of H-pyrrole nitrogens is 1. The van der Waals surface area contributed by atoms with Gasteiger partial charge in [0.15, 0.2) is 11.8 Å². The molecule has 3 heterocycles. The van der Waals surface area contributed by atoms with Gasteiger partial charge >= 0.3 is 0 Å². The lowest BCUT2D eigenvalue weighted by Gasteiger charge is -2.39. The van der Waals surface area contributed by atoms with Crippen LogP contribution in [0.2, 0.25) is 0 Å². The van der Waals surface area contributed by atoms with Gasteiger partial charge in [0.1, 0.15) is 6.33 Å². The van der Waals surface area contributed by atoms with Crippen LogP contribution in [-0.2, 0) is 6.54 Å². The van der Waals surface area contributed by atoms with Crippen molar-refractivity contribution < 1.29 is 0 Å². The van der Waals surface area contributed by atoms with Crippen molar-refractivity contribution >= 4 is 5.96 Å². The molecule has 0 saturated carbocycles. The van der Waals surface area contributed by atoms with Crippen LogP contribution in [0.3, 0.4) is 0 Å². The van der Waals surface area contributed by atoms with Gasteiger partial charge in [0.2, 0.25) is 0 Å². The minimum absolute atomic E-state index is 0.407. The van der Waals surface area contributed by atoms with Crippen molar-refractivity contribution in [2.75, 3.05) is 19.6 Å². The maximum Gasteiger partial charge on any atom is 0.194 e. The maximum absolute atomic E-state index is 4.93. The van der Waals surface area contributed by atoms with Crippen molar-refractivity contribution in [3.63, 3.8) is 0 Å². The molecule has 8 nitrogen and oxygen atoms in total. The summed E-state index contributed by atoms with van der Waals surface area (Å²) in [6, 6.07) is 8.68. The highest BCUT2D eigenvalue weighted by Gasteiger charge is 2.28. The highest BCUT2D eigenvalue weighted by atomic mass is 15.3. The highest BCUT2D eigenvalue weighted by Crippen LogP contribution is 2.27. The molecule has 1 aliphatic rings. The molecule has 2 aromatic heterocycles. The summed E-state index contributed by atoms with van der Waals surface area (Å²) in [5.41, 5.74) is 2.16. The Morgan fingerprint density at radius 2 is 2.31 bits per heavy atom. The van der Waals surface area contributed by atoms with Gasteiger partial charge in [0.05, 0.1) is 18.9 Å². The van der Waals surface area contributed by atoms with E-state index in [1.165, 1.54) is 6.33 Å². The van der Waals surface area contributed by atoms with Crippen LogP contribution in [0.15, 0.2) is 54.3 Å². The number of aromatic nitrogens is 5. The Morgan fingerprint density at radius 3 is 3.07 bits per heavy atom. The van der Waals surface area contributed by atoms with Crippen LogP contribution in [0.5, 0.6) is 0 Å². The lowest BCUT2D eigenvalue weighted by Crippen LogP contribution is -2.49. The zero-order chi connectivity index (χ0) is 20.1. The van der Waals surface area contributed by atoms with E-state index >= 15 is 0 Å². The number of aliphatic imine (C=N–C) groups is 1. The Kier molecular flexibility index (Phi) is 5.88. The Bertz CT molecular complexity index is 916. The van der Waals surface area contributed by atoms with Crippen LogP contribution in [0.1, 0.15) is 31.9 Å². The van der Waals surface area contributed by atoms with Crippen molar-refractivity contribution in [2.45, 2.75) is 32.9 Å². The largest absolute Gasteiger partial charge is 0.357 e. The molecule has 0 spiro atoms. The average Bonchev–Trinajstić information content (AvgIpc) is 3.46. The smallest absolute Gasteiger partial charge is 0.194 e. The zero-order valence-electron chi connectivity index (χ0n) is 17.0. The standard InChI is InChI=1S/C21H28N8/c1-3-23-21(28-9-7-16(2)19(13-28)29-10-8-22-15-29)24-12-17-5-4-6-18(11-17)20-25-14-26-27-20/h4-6,8,10-11,14-16,19H,3,7,9,12-13H2,1-2H3,(H,23,24)(H,25,26,27). The summed E-state index contributed by atoms with van der Waals surface area (Å²) in [5.74, 6) is 2.35. The molecule has 0 amide bonds. The molecular weight excluding hydrogens is 364 g/mol. The molecule has 1 saturated heterocycles. The Morgan fingerprint density at radius 1 is 1.38 bits per heavy atom. The summed E-state index contributed by atoms with van der Waals surface area (Å²) in [6.07, 6.45) is 8.49. The quantitative estimate of drug-likeness (QED) is 0.515. The molecule has 2 unspecified atom stereocenters. The van der Waals surface area contributed by atoms with Crippen molar-refractivity contribution in [3.8, 4) is 11.4 Å². The summed E-state index contributed by atoms with van der Waals surface area (Å²) >= 11 is 0. The fourth-order valence-electron chi connectivity index (χ4n) is 3.85. The van der Waals surface area contributed by atoms with E-state index in [9.17, 15) is 0 Å². The van der Waals surface area contributed by atoms with Crippen LogP contribution in [0.4, 0.5) is 0 Å². The monoisotopic (exact) mass is 392 g/mol. The number of hydrogen-bond acceptors (Lipinski definition) is 4.